The summed E-state index contributed by atoms with van der Waals surface area (Å²) in [4.78, 5) is 65.5. The van der Waals surface area contributed by atoms with Crippen LogP contribution < -0.4 is 25.4 Å². The minimum absolute atomic E-state index is 0.00783. The van der Waals surface area contributed by atoms with Gasteiger partial charge in [-0.15, -0.1) is 16.4 Å². The number of rotatable bonds is 33. The topological polar surface area (TPSA) is 227 Å². The monoisotopic (exact) mass is 1130 g/mol. The summed E-state index contributed by atoms with van der Waals surface area (Å²) in [5.41, 5.74) is 4.69. The van der Waals surface area contributed by atoms with Crippen LogP contribution in [0.3, 0.4) is 0 Å². The van der Waals surface area contributed by atoms with Gasteiger partial charge in [0.05, 0.1) is 64.0 Å². The molecule has 3 heterocycles. The van der Waals surface area contributed by atoms with Gasteiger partial charge in [0, 0.05) is 82.0 Å². The van der Waals surface area contributed by atoms with Crippen molar-refractivity contribution in [1.29, 1.82) is 0 Å². The van der Waals surface area contributed by atoms with E-state index in [1.165, 1.54) is 11.3 Å². The van der Waals surface area contributed by atoms with Gasteiger partial charge in [0.25, 0.3) is 0 Å². The number of carbonyl (C=O) groups is 4. The van der Waals surface area contributed by atoms with Crippen LogP contribution in [0, 0.1) is 0 Å². The average molecular weight is 1130 g/mol. The molecule has 4 N–H and O–H groups in total. The molecule has 1 unspecified atom stereocenters. The minimum Gasteiger partial charge on any atom is -0.508 e. The van der Waals surface area contributed by atoms with Crippen LogP contribution in [-0.2, 0) is 60.9 Å². The molecule has 0 radical (unpaired) electrons. The lowest BCUT2D eigenvalue weighted by molar-refractivity contribution is -0.141. The van der Waals surface area contributed by atoms with Crippen molar-refractivity contribution in [1.82, 2.24) is 44.9 Å². The zero-order valence-corrected chi connectivity index (χ0v) is 47.1. The lowest BCUT2D eigenvalue weighted by Gasteiger charge is -2.32. The first-order valence-electron chi connectivity index (χ1n) is 27.7. The molecule has 2 aromatic heterocycles. The summed E-state index contributed by atoms with van der Waals surface area (Å²) >= 11 is 1.28. The van der Waals surface area contributed by atoms with Crippen molar-refractivity contribution in [3.8, 4) is 17.2 Å². The van der Waals surface area contributed by atoms with Crippen LogP contribution in [0.2, 0.25) is 0 Å². The number of piperazine rings is 1. The van der Waals surface area contributed by atoms with E-state index in [1.807, 2.05) is 91.9 Å². The van der Waals surface area contributed by atoms with E-state index >= 15 is 0 Å². The van der Waals surface area contributed by atoms with Crippen molar-refractivity contribution in [2.45, 2.75) is 63.7 Å². The number of hydrogen-bond donors (Lipinski definition) is 4. The fourth-order valence-electron chi connectivity index (χ4n) is 8.87. The maximum absolute atomic E-state index is 14.0. The number of urea groups is 1. The second-order valence-electron chi connectivity index (χ2n) is 20.0. The van der Waals surface area contributed by atoms with Crippen LogP contribution in [0.4, 0.5) is 15.6 Å². The van der Waals surface area contributed by atoms with E-state index in [0.29, 0.717) is 126 Å². The number of anilines is 2. The second-order valence-corrected chi connectivity index (χ2v) is 20.9. The van der Waals surface area contributed by atoms with Crippen LogP contribution >= 0.6 is 11.3 Å². The Morgan fingerprint density at radius 2 is 1.41 bits per heavy atom. The van der Waals surface area contributed by atoms with Crippen molar-refractivity contribution in [3.05, 3.63) is 143 Å². The number of aryl methyl sites for hydroxylation is 1. The quantitative estimate of drug-likeness (QED) is 0.0344. The molecule has 8 rings (SSSR count). The molecule has 1 aliphatic heterocycles. The van der Waals surface area contributed by atoms with E-state index in [0.717, 1.165) is 54.9 Å². The van der Waals surface area contributed by atoms with Crippen molar-refractivity contribution in [3.63, 3.8) is 0 Å². The van der Waals surface area contributed by atoms with E-state index in [1.54, 1.807) is 51.4 Å². The van der Waals surface area contributed by atoms with E-state index in [9.17, 15) is 24.3 Å². The van der Waals surface area contributed by atoms with Gasteiger partial charge in [-0.05, 0) is 98.6 Å². The number of benzene rings is 4. The van der Waals surface area contributed by atoms with Gasteiger partial charge in [-0.2, -0.15) is 0 Å². The molecule has 22 heteroatoms. The first-order chi connectivity index (χ1) is 39.5. The van der Waals surface area contributed by atoms with Crippen molar-refractivity contribution in [2.24, 2.45) is 0 Å². The van der Waals surface area contributed by atoms with Gasteiger partial charge in [0.2, 0.25) is 17.7 Å². The van der Waals surface area contributed by atoms with E-state index in [4.69, 9.17) is 23.7 Å². The molecule has 1 saturated carbocycles. The van der Waals surface area contributed by atoms with Crippen LogP contribution in [0.1, 0.15) is 53.4 Å². The van der Waals surface area contributed by atoms with Crippen molar-refractivity contribution in [2.75, 3.05) is 117 Å². The predicted molar refractivity (Wildman–Crippen MR) is 307 cm³/mol. The zero-order valence-electron chi connectivity index (χ0n) is 46.3. The third kappa shape index (κ3) is 20.2. The van der Waals surface area contributed by atoms with Crippen LogP contribution in [-0.4, -0.2) is 181 Å². The van der Waals surface area contributed by atoms with Gasteiger partial charge in [-0.1, -0.05) is 59.8 Å². The Morgan fingerprint density at radius 1 is 0.728 bits per heavy atom. The van der Waals surface area contributed by atoms with Crippen molar-refractivity contribution < 1.29 is 48.0 Å². The molecule has 1 saturated heterocycles. The smallest absolute Gasteiger partial charge is 0.325 e. The number of amides is 5. The maximum Gasteiger partial charge on any atom is 0.325 e. The number of nitrogens with zero attached hydrogens (tertiary/aromatic N) is 8. The number of phenolic OH excluding ortho intramolecular Hbond substituents is 1. The number of ether oxygens (including phenoxy) is 5. The Bertz CT molecular complexity index is 2860. The average Bonchev–Trinajstić information content (AvgIpc) is 4.29. The van der Waals surface area contributed by atoms with Gasteiger partial charge in [-0.25, -0.2) is 14.5 Å². The summed E-state index contributed by atoms with van der Waals surface area (Å²) in [6.45, 7) is 9.04. The Morgan fingerprint density at radius 3 is 2.15 bits per heavy atom. The molecule has 0 spiro atoms. The highest BCUT2D eigenvalue weighted by molar-refractivity contribution is 7.14. The number of hydrogen-bond acceptors (Lipinski definition) is 16. The highest BCUT2D eigenvalue weighted by Crippen LogP contribution is 2.36. The van der Waals surface area contributed by atoms with Crippen LogP contribution in [0.5, 0.6) is 17.2 Å². The largest absolute Gasteiger partial charge is 0.508 e. The molecule has 4 aromatic carbocycles. The van der Waals surface area contributed by atoms with Crippen molar-refractivity contribution >= 4 is 45.9 Å². The second kappa shape index (κ2) is 31.5. The maximum atomic E-state index is 14.0. The minimum atomic E-state index is -0.794. The van der Waals surface area contributed by atoms with E-state index in [-0.39, 0.29) is 42.4 Å². The Labute approximate surface area is 477 Å². The Balaban J connectivity index is 0.638. The summed E-state index contributed by atoms with van der Waals surface area (Å²) in [6, 6.07) is 29.9. The van der Waals surface area contributed by atoms with Crippen LogP contribution in [0.25, 0.3) is 0 Å². The Kier molecular flexibility index (Phi) is 23.2. The third-order valence-corrected chi connectivity index (χ3v) is 14.5. The molecule has 6 aromatic rings. The lowest BCUT2D eigenvalue weighted by Crippen LogP contribution is -2.47. The molecule has 1 atom stereocenters. The molecule has 1 aliphatic carbocycles. The Hall–Kier alpha value is -7.47. The number of aromatic hydroxyl groups is 1. The number of thiazole rings is 1. The zero-order chi connectivity index (χ0) is 56.6. The molecule has 432 valence electrons. The molecule has 2 aliphatic rings. The summed E-state index contributed by atoms with van der Waals surface area (Å²) in [5, 5.41) is 29.0. The summed E-state index contributed by atoms with van der Waals surface area (Å²) in [6.07, 6.45) is 5.17. The van der Waals surface area contributed by atoms with Gasteiger partial charge in [0.15, 0.2) is 5.13 Å². The van der Waals surface area contributed by atoms with Crippen LogP contribution in [0.15, 0.2) is 115 Å². The predicted octanol–water partition coefficient (Wildman–Crippen LogP) is 6.06. The number of carbonyl (C=O) groups excluding carboxylic acids is 4. The summed E-state index contributed by atoms with van der Waals surface area (Å²) < 4.78 is 31.0. The first kappa shape index (κ1) is 59.6. The normalized spacial score (nSPS) is 13.9. The number of likely N-dealkylation sites (N-methyl/N-ethyl adjacent to an activating group) is 2. The van der Waals surface area contributed by atoms with Gasteiger partial charge in [-0.3, -0.25) is 19.7 Å². The fourth-order valence-corrected chi connectivity index (χ4v) is 9.58. The number of aromatic nitrogens is 4. The first-order valence-corrected chi connectivity index (χ1v) is 28.5. The number of nitrogens with one attached hydrogen (secondary N) is 3. The van der Waals surface area contributed by atoms with E-state index < -0.39 is 12.1 Å². The highest BCUT2D eigenvalue weighted by Gasteiger charge is 2.41. The number of phenols is 1. The summed E-state index contributed by atoms with van der Waals surface area (Å²) in [5.74, 6) is 1.23. The van der Waals surface area contributed by atoms with E-state index in [2.05, 4.69) is 41.0 Å². The molecule has 81 heavy (non-hydrogen) atoms. The highest BCUT2D eigenvalue weighted by atomic mass is 32.1. The molecule has 5 amide bonds. The molecule has 0 bridgehead atoms. The van der Waals surface area contributed by atoms with Gasteiger partial charge >= 0.3 is 6.03 Å². The summed E-state index contributed by atoms with van der Waals surface area (Å²) in [7, 11) is 4.06. The third-order valence-electron chi connectivity index (χ3n) is 13.7. The van der Waals surface area contributed by atoms with Gasteiger partial charge in [0.1, 0.15) is 36.5 Å². The SMILES string of the molecule is CN(CCOCCOCCc1cn(CCOCCOc2ccc(NC(=O)Nc3nc(CC(=O)N4CCN(C)CC4)cs3)cc2)nn1)CCOc1ccc(C(C(=O)NCc2ccccc2)N(C(=O)CCc2ccc(O)cc2)C2CC2)cc1. The standard InChI is InChI=1S/C59H75N11O10S/c1-66-25-27-68(28-26-66)55(73)40-49-43-81-59(62-49)63-58(75)61-47-13-21-53(22-14-47)80-39-38-78-34-31-69-42-48(64-65-69)24-32-76-36-37-77-33-29-67(2)30-35-79-52-19-11-46(12-20-52)56(57(74)60-41-45-6-4-3-5-7-45)70(50-15-16-50)54(72)23-10-44-8-17-51(71)18-9-44/h3-9,11-14,17-22,42-43,50,56,71H,10,15-16,23-41H2,1-2H3,(H,60,74)(H2,61,62,63,75). The lowest BCUT2D eigenvalue weighted by atomic mass is 10.0. The molecular formula is C59H75N11O10S. The molecule has 21 nitrogen and oxygen atoms in total. The fraction of sp³-hybridized carbons (Fsp3) is 0.441. The van der Waals surface area contributed by atoms with Gasteiger partial charge < -0.3 is 59.0 Å². The molecular weight excluding hydrogens is 1050 g/mol. The molecule has 2 fully saturated rings.